The van der Waals surface area contributed by atoms with Gasteiger partial charge in [0.2, 0.25) is 0 Å². The first-order valence-corrected chi connectivity index (χ1v) is 11.0. The molecule has 1 heterocycles. The lowest BCUT2D eigenvalue weighted by atomic mass is 10.1. The monoisotopic (exact) mass is 428 g/mol. The van der Waals surface area contributed by atoms with Crippen molar-refractivity contribution in [3.63, 3.8) is 0 Å². The van der Waals surface area contributed by atoms with Gasteiger partial charge < -0.3 is 14.4 Å². The van der Waals surface area contributed by atoms with Crippen molar-refractivity contribution < 1.29 is 18.7 Å². The maximum Gasteiger partial charge on any atom is 0.254 e. The van der Waals surface area contributed by atoms with Crippen molar-refractivity contribution in [3.8, 4) is 11.5 Å². The van der Waals surface area contributed by atoms with E-state index in [2.05, 4.69) is 18.7 Å². The van der Waals surface area contributed by atoms with Gasteiger partial charge in [-0.3, -0.25) is 9.69 Å². The van der Waals surface area contributed by atoms with Crippen molar-refractivity contribution >= 4 is 5.91 Å². The summed E-state index contributed by atoms with van der Waals surface area (Å²) in [6.07, 6.45) is 1.87. The first-order chi connectivity index (χ1) is 15.0. The molecule has 0 radical (unpaired) electrons. The quantitative estimate of drug-likeness (QED) is 0.616. The Balaban J connectivity index is 1.59. The third-order valence-corrected chi connectivity index (χ3v) is 5.56. The van der Waals surface area contributed by atoms with Crippen LogP contribution in [-0.2, 0) is 6.54 Å². The van der Waals surface area contributed by atoms with Crippen molar-refractivity contribution in [2.75, 3.05) is 39.9 Å². The van der Waals surface area contributed by atoms with Gasteiger partial charge in [-0.15, -0.1) is 0 Å². The lowest BCUT2D eigenvalue weighted by Crippen LogP contribution is -2.35. The first-order valence-electron chi connectivity index (χ1n) is 11.0. The molecule has 168 valence electrons. The molecule has 5 nitrogen and oxygen atoms in total. The molecule has 1 amide bonds. The molecule has 2 aromatic rings. The Morgan fingerprint density at radius 3 is 2.52 bits per heavy atom. The highest BCUT2D eigenvalue weighted by molar-refractivity contribution is 5.95. The molecule has 0 aromatic heterocycles. The highest BCUT2D eigenvalue weighted by Gasteiger charge is 2.21. The van der Waals surface area contributed by atoms with E-state index in [-0.39, 0.29) is 11.7 Å². The van der Waals surface area contributed by atoms with Crippen LogP contribution < -0.4 is 9.47 Å². The highest BCUT2D eigenvalue weighted by atomic mass is 19.1. The number of benzene rings is 2. The molecule has 31 heavy (non-hydrogen) atoms. The van der Waals surface area contributed by atoms with E-state index in [0.717, 1.165) is 38.0 Å². The van der Waals surface area contributed by atoms with Crippen LogP contribution in [0.5, 0.6) is 11.5 Å². The largest absolute Gasteiger partial charge is 0.493 e. The van der Waals surface area contributed by atoms with E-state index in [1.165, 1.54) is 12.1 Å². The molecule has 0 saturated carbocycles. The second-order valence-corrected chi connectivity index (χ2v) is 8.44. The van der Waals surface area contributed by atoms with E-state index in [1.54, 1.807) is 13.2 Å². The smallest absolute Gasteiger partial charge is 0.254 e. The van der Waals surface area contributed by atoms with Crippen molar-refractivity contribution in [3.05, 3.63) is 59.4 Å². The summed E-state index contributed by atoms with van der Waals surface area (Å²) in [7, 11) is 1.60. The summed E-state index contributed by atoms with van der Waals surface area (Å²) in [5.74, 6) is 1.61. The van der Waals surface area contributed by atoms with Gasteiger partial charge in [-0.1, -0.05) is 26.0 Å². The molecular weight excluding hydrogens is 395 g/mol. The van der Waals surface area contributed by atoms with E-state index >= 15 is 0 Å². The van der Waals surface area contributed by atoms with Crippen LogP contribution in [0.4, 0.5) is 4.39 Å². The second kappa shape index (κ2) is 11.1. The minimum atomic E-state index is -0.219. The van der Waals surface area contributed by atoms with E-state index < -0.39 is 0 Å². The zero-order valence-electron chi connectivity index (χ0n) is 18.8. The Kier molecular flexibility index (Phi) is 8.29. The van der Waals surface area contributed by atoms with E-state index in [0.29, 0.717) is 42.7 Å². The molecule has 6 heteroatoms. The number of carbonyl (C=O) groups is 1. The van der Waals surface area contributed by atoms with Crippen LogP contribution in [0.25, 0.3) is 0 Å². The lowest BCUT2D eigenvalue weighted by molar-refractivity contribution is 0.0760. The Hall–Kier alpha value is -2.60. The summed E-state index contributed by atoms with van der Waals surface area (Å²) in [4.78, 5) is 17.3. The predicted octanol–water partition coefficient (Wildman–Crippen LogP) is 4.61. The van der Waals surface area contributed by atoms with E-state index in [4.69, 9.17) is 9.47 Å². The number of ether oxygens (including phenoxy) is 2. The number of carbonyl (C=O) groups excluding carboxylic acids is 1. The topological polar surface area (TPSA) is 42.0 Å². The number of hydrogen-bond acceptors (Lipinski definition) is 4. The molecular formula is C25H33FN2O3. The highest BCUT2D eigenvalue weighted by Crippen LogP contribution is 2.29. The van der Waals surface area contributed by atoms with Crippen LogP contribution in [0.1, 0.15) is 42.6 Å². The molecule has 0 spiro atoms. The van der Waals surface area contributed by atoms with Crippen LogP contribution in [-0.4, -0.2) is 55.6 Å². The summed E-state index contributed by atoms with van der Waals surface area (Å²) in [5, 5.41) is 0. The zero-order valence-corrected chi connectivity index (χ0v) is 18.8. The number of methoxy groups -OCH3 is 1. The van der Waals surface area contributed by atoms with E-state index in [1.807, 2.05) is 29.2 Å². The number of hydrogen-bond donors (Lipinski definition) is 0. The zero-order chi connectivity index (χ0) is 22.2. The molecule has 2 aromatic carbocycles. The fraction of sp³-hybridized carbons (Fsp3) is 0.480. The summed E-state index contributed by atoms with van der Waals surface area (Å²) in [6.45, 7) is 8.77. The van der Waals surface area contributed by atoms with Crippen molar-refractivity contribution in [2.24, 2.45) is 5.92 Å². The van der Waals surface area contributed by atoms with Gasteiger partial charge in [-0.25, -0.2) is 4.39 Å². The first kappa shape index (κ1) is 23.1. The minimum Gasteiger partial charge on any atom is -0.493 e. The molecule has 0 bridgehead atoms. The molecule has 3 rings (SSSR count). The van der Waals surface area contributed by atoms with Crippen molar-refractivity contribution in [1.82, 2.24) is 9.80 Å². The Morgan fingerprint density at radius 2 is 1.81 bits per heavy atom. The summed E-state index contributed by atoms with van der Waals surface area (Å²) in [5.41, 5.74) is 1.69. The Labute approximate surface area is 184 Å². The molecule has 0 unspecified atom stereocenters. The van der Waals surface area contributed by atoms with Crippen LogP contribution in [0.15, 0.2) is 42.5 Å². The van der Waals surface area contributed by atoms with Crippen molar-refractivity contribution in [2.45, 2.75) is 33.2 Å². The van der Waals surface area contributed by atoms with Gasteiger partial charge in [0.15, 0.2) is 11.5 Å². The van der Waals surface area contributed by atoms with Gasteiger partial charge in [0, 0.05) is 38.3 Å². The molecule has 1 aliphatic rings. The maximum absolute atomic E-state index is 13.1. The molecule has 1 aliphatic heterocycles. The SMILES string of the molecule is COc1cc(C(=O)N2CCCN(Cc3ccc(F)cc3)CC2)ccc1OCCC(C)C. The molecule has 0 aliphatic carbocycles. The number of amides is 1. The fourth-order valence-corrected chi connectivity index (χ4v) is 3.69. The summed E-state index contributed by atoms with van der Waals surface area (Å²) < 4.78 is 24.4. The van der Waals surface area contributed by atoms with Gasteiger partial charge in [0.1, 0.15) is 5.82 Å². The average Bonchev–Trinajstić information content (AvgIpc) is 3.00. The van der Waals surface area contributed by atoms with Crippen LogP contribution >= 0.6 is 0 Å². The van der Waals surface area contributed by atoms with E-state index in [9.17, 15) is 9.18 Å². The normalized spacial score (nSPS) is 15.1. The third-order valence-electron chi connectivity index (χ3n) is 5.56. The van der Waals surface area contributed by atoms with Crippen LogP contribution in [0.3, 0.4) is 0 Å². The van der Waals surface area contributed by atoms with Gasteiger partial charge in [-0.05, 0) is 54.7 Å². The van der Waals surface area contributed by atoms with Gasteiger partial charge >= 0.3 is 0 Å². The fourth-order valence-electron chi connectivity index (χ4n) is 3.69. The minimum absolute atomic E-state index is 0.00987. The predicted molar refractivity (Wildman–Crippen MR) is 120 cm³/mol. The average molecular weight is 429 g/mol. The number of halogens is 1. The molecule has 1 saturated heterocycles. The Bertz CT molecular complexity index is 854. The molecule has 0 N–H and O–H groups in total. The number of rotatable bonds is 8. The van der Waals surface area contributed by atoms with Crippen LogP contribution in [0.2, 0.25) is 0 Å². The third kappa shape index (κ3) is 6.69. The van der Waals surface area contributed by atoms with Gasteiger partial charge in [0.05, 0.1) is 13.7 Å². The second-order valence-electron chi connectivity index (χ2n) is 8.44. The summed E-state index contributed by atoms with van der Waals surface area (Å²) >= 11 is 0. The Morgan fingerprint density at radius 1 is 1.03 bits per heavy atom. The molecule has 1 fully saturated rings. The maximum atomic E-state index is 13.1. The molecule has 0 atom stereocenters. The van der Waals surface area contributed by atoms with Gasteiger partial charge in [-0.2, -0.15) is 0 Å². The van der Waals surface area contributed by atoms with Gasteiger partial charge in [0.25, 0.3) is 5.91 Å². The van der Waals surface area contributed by atoms with Crippen LogP contribution in [0, 0.1) is 11.7 Å². The lowest BCUT2D eigenvalue weighted by Gasteiger charge is -2.22. The summed E-state index contributed by atoms with van der Waals surface area (Å²) in [6, 6.07) is 12.0. The van der Waals surface area contributed by atoms with Crippen molar-refractivity contribution in [1.29, 1.82) is 0 Å². The number of nitrogens with zero attached hydrogens (tertiary/aromatic N) is 2. The standard InChI is InChI=1S/C25H33FN2O3/c1-19(2)11-16-31-23-10-7-21(17-24(23)30-3)25(29)28-13-4-12-27(14-15-28)18-20-5-8-22(26)9-6-20/h5-10,17,19H,4,11-16,18H2,1-3H3.